The summed E-state index contributed by atoms with van der Waals surface area (Å²) in [7, 11) is 3.92. The Morgan fingerprint density at radius 3 is 2.22 bits per heavy atom. The molecule has 0 unspecified atom stereocenters. The first-order chi connectivity index (χ1) is 12.7. The van der Waals surface area contributed by atoms with Gasteiger partial charge in [-0.25, -0.2) is 4.79 Å². The highest BCUT2D eigenvalue weighted by atomic mass is 32.1. The Labute approximate surface area is 159 Å². The first-order valence-corrected chi connectivity index (χ1v) is 8.46. The van der Waals surface area contributed by atoms with Gasteiger partial charge in [-0.1, -0.05) is 0 Å². The second-order valence-electron chi connectivity index (χ2n) is 5.41. The molecular formula is C17H18N2O7S. The number of nitrogens with one attached hydrogen (secondary N) is 1. The van der Waals surface area contributed by atoms with Crippen LogP contribution in [0.5, 0.6) is 11.5 Å². The van der Waals surface area contributed by atoms with Crippen molar-refractivity contribution in [1.29, 1.82) is 0 Å². The third kappa shape index (κ3) is 3.85. The topological polar surface area (TPSA) is 117 Å². The molecule has 0 fully saturated rings. The van der Waals surface area contributed by atoms with Gasteiger partial charge in [-0.15, -0.1) is 11.3 Å². The summed E-state index contributed by atoms with van der Waals surface area (Å²) in [4.78, 5) is 36.3. The average Bonchev–Trinajstić information content (AvgIpc) is 2.93. The highest BCUT2D eigenvalue weighted by Gasteiger charge is 2.27. The molecule has 0 aliphatic carbocycles. The van der Waals surface area contributed by atoms with E-state index in [4.69, 9.17) is 14.2 Å². The summed E-state index contributed by atoms with van der Waals surface area (Å²) in [5, 5.41) is 14.2. The zero-order valence-electron chi connectivity index (χ0n) is 15.4. The summed E-state index contributed by atoms with van der Waals surface area (Å²) in [5.41, 5.74) is 0.215. The smallest absolute Gasteiger partial charge is 0.341 e. The van der Waals surface area contributed by atoms with Gasteiger partial charge < -0.3 is 19.5 Å². The van der Waals surface area contributed by atoms with E-state index in [-0.39, 0.29) is 27.6 Å². The van der Waals surface area contributed by atoms with E-state index in [1.165, 1.54) is 38.7 Å². The molecular weight excluding hydrogens is 376 g/mol. The molecule has 1 N–H and O–H groups in total. The van der Waals surface area contributed by atoms with Crippen molar-refractivity contribution < 1.29 is 28.7 Å². The van der Waals surface area contributed by atoms with Gasteiger partial charge in [0.25, 0.3) is 11.6 Å². The van der Waals surface area contributed by atoms with Crippen LogP contribution in [0.4, 0.5) is 10.7 Å². The van der Waals surface area contributed by atoms with Crippen molar-refractivity contribution in [3.8, 4) is 11.5 Å². The molecule has 0 bridgehead atoms. The predicted octanol–water partition coefficient (Wildman–Crippen LogP) is 3.33. The van der Waals surface area contributed by atoms with Crippen LogP contribution in [-0.4, -0.2) is 38.1 Å². The van der Waals surface area contributed by atoms with E-state index < -0.39 is 22.5 Å². The molecule has 144 valence electrons. The fourth-order valence-electron chi connectivity index (χ4n) is 2.43. The Kier molecular flexibility index (Phi) is 6.01. The van der Waals surface area contributed by atoms with E-state index in [0.717, 1.165) is 10.9 Å². The average molecular weight is 394 g/mol. The number of hydrogen-bond donors (Lipinski definition) is 1. The quantitative estimate of drug-likeness (QED) is 0.454. The fourth-order valence-corrected chi connectivity index (χ4v) is 3.48. The van der Waals surface area contributed by atoms with Crippen LogP contribution in [-0.2, 0) is 4.74 Å². The number of carbonyl (C=O) groups is 2. The first-order valence-electron chi connectivity index (χ1n) is 7.65. The zero-order chi connectivity index (χ0) is 20.3. The van der Waals surface area contributed by atoms with Gasteiger partial charge in [-0.3, -0.25) is 14.9 Å². The van der Waals surface area contributed by atoms with Gasteiger partial charge in [-0.2, -0.15) is 0 Å². The second-order valence-corrected chi connectivity index (χ2v) is 6.64. The SMILES string of the molecule is COC(=O)c1c(NC(=O)c2cc(OC)c(OC)cc2[N+](=O)[O-])sc(C)c1C. The number of aryl methyl sites for hydroxylation is 1. The summed E-state index contributed by atoms with van der Waals surface area (Å²) in [5.74, 6) is -1.07. The minimum absolute atomic E-state index is 0.124. The van der Waals surface area contributed by atoms with Gasteiger partial charge in [0.1, 0.15) is 10.6 Å². The molecule has 0 saturated heterocycles. The molecule has 0 spiro atoms. The van der Waals surface area contributed by atoms with Gasteiger partial charge in [-0.05, 0) is 19.4 Å². The minimum atomic E-state index is -0.756. The van der Waals surface area contributed by atoms with Crippen molar-refractivity contribution in [1.82, 2.24) is 0 Å². The van der Waals surface area contributed by atoms with E-state index >= 15 is 0 Å². The number of thiophene rings is 1. The highest BCUT2D eigenvalue weighted by Crippen LogP contribution is 2.37. The Balaban J connectivity index is 2.52. The molecule has 2 aromatic rings. The molecule has 1 amide bonds. The van der Waals surface area contributed by atoms with Gasteiger partial charge >= 0.3 is 5.97 Å². The number of nitrogens with zero attached hydrogens (tertiary/aromatic N) is 1. The van der Waals surface area contributed by atoms with E-state index in [0.29, 0.717) is 5.56 Å². The van der Waals surface area contributed by atoms with Crippen molar-refractivity contribution in [2.75, 3.05) is 26.6 Å². The number of anilines is 1. The summed E-state index contributed by atoms with van der Waals surface area (Å²) in [6, 6.07) is 2.33. The molecule has 0 aliphatic heterocycles. The van der Waals surface area contributed by atoms with Crippen molar-refractivity contribution >= 4 is 33.9 Å². The molecule has 0 aliphatic rings. The van der Waals surface area contributed by atoms with Gasteiger partial charge in [0, 0.05) is 10.9 Å². The summed E-state index contributed by atoms with van der Waals surface area (Å²) in [6.45, 7) is 3.52. The zero-order valence-corrected chi connectivity index (χ0v) is 16.2. The maximum Gasteiger partial charge on any atom is 0.341 e. The minimum Gasteiger partial charge on any atom is -0.493 e. The molecule has 0 radical (unpaired) electrons. The second kappa shape index (κ2) is 8.04. The Hall–Kier alpha value is -3.14. The molecule has 1 aromatic heterocycles. The van der Waals surface area contributed by atoms with E-state index in [9.17, 15) is 19.7 Å². The van der Waals surface area contributed by atoms with Crippen molar-refractivity contribution in [2.24, 2.45) is 0 Å². The molecule has 1 aromatic carbocycles. The summed E-state index contributed by atoms with van der Waals surface area (Å²) < 4.78 is 14.9. The predicted molar refractivity (Wildman–Crippen MR) is 99.3 cm³/mol. The number of carbonyl (C=O) groups excluding carboxylic acids is 2. The lowest BCUT2D eigenvalue weighted by Gasteiger charge is -2.11. The number of methoxy groups -OCH3 is 3. The Morgan fingerprint density at radius 1 is 1.11 bits per heavy atom. The number of hydrogen-bond acceptors (Lipinski definition) is 8. The Bertz CT molecular complexity index is 920. The van der Waals surface area contributed by atoms with E-state index in [2.05, 4.69) is 5.32 Å². The van der Waals surface area contributed by atoms with Gasteiger partial charge in [0.15, 0.2) is 11.5 Å². The van der Waals surface area contributed by atoms with Crippen LogP contribution < -0.4 is 14.8 Å². The normalized spacial score (nSPS) is 10.3. The lowest BCUT2D eigenvalue weighted by molar-refractivity contribution is -0.385. The van der Waals surface area contributed by atoms with E-state index in [1.54, 1.807) is 13.8 Å². The molecule has 0 atom stereocenters. The molecule has 2 rings (SSSR count). The molecule has 0 saturated carbocycles. The van der Waals surface area contributed by atoms with Gasteiger partial charge in [0.2, 0.25) is 0 Å². The molecule has 10 heteroatoms. The van der Waals surface area contributed by atoms with E-state index in [1.807, 2.05) is 0 Å². The maximum atomic E-state index is 12.7. The number of esters is 1. The monoisotopic (exact) mass is 394 g/mol. The molecule has 27 heavy (non-hydrogen) atoms. The molecule has 1 heterocycles. The van der Waals surface area contributed by atoms with Crippen LogP contribution >= 0.6 is 11.3 Å². The third-order valence-electron chi connectivity index (χ3n) is 3.95. The van der Waals surface area contributed by atoms with Crippen LogP contribution in [0, 0.1) is 24.0 Å². The van der Waals surface area contributed by atoms with Crippen molar-refractivity contribution in [2.45, 2.75) is 13.8 Å². The summed E-state index contributed by atoms with van der Waals surface area (Å²) >= 11 is 1.18. The number of nitro groups is 1. The van der Waals surface area contributed by atoms with Crippen LogP contribution in [0.3, 0.4) is 0 Å². The number of nitro benzene ring substituents is 1. The Morgan fingerprint density at radius 2 is 1.70 bits per heavy atom. The van der Waals surface area contributed by atoms with Crippen LogP contribution in [0.15, 0.2) is 12.1 Å². The van der Waals surface area contributed by atoms with Crippen molar-refractivity contribution in [3.05, 3.63) is 43.8 Å². The molecule has 9 nitrogen and oxygen atoms in total. The van der Waals surface area contributed by atoms with Crippen LogP contribution in [0.25, 0.3) is 0 Å². The fraction of sp³-hybridized carbons (Fsp3) is 0.294. The lowest BCUT2D eigenvalue weighted by Crippen LogP contribution is -2.16. The maximum absolute atomic E-state index is 12.7. The van der Waals surface area contributed by atoms with Gasteiger partial charge in [0.05, 0.1) is 37.9 Å². The summed E-state index contributed by atoms with van der Waals surface area (Å²) in [6.07, 6.45) is 0. The number of rotatable bonds is 6. The van der Waals surface area contributed by atoms with Crippen LogP contribution in [0.2, 0.25) is 0 Å². The lowest BCUT2D eigenvalue weighted by atomic mass is 10.1. The number of amides is 1. The third-order valence-corrected chi connectivity index (χ3v) is 5.07. The first kappa shape index (κ1) is 20.2. The number of benzene rings is 1. The standard InChI is InChI=1S/C17H18N2O7S/c1-8-9(2)27-16(14(8)17(21)26-5)18-15(20)10-6-12(24-3)13(25-4)7-11(10)19(22)23/h6-7H,1-5H3,(H,18,20). The number of ether oxygens (including phenoxy) is 3. The highest BCUT2D eigenvalue weighted by molar-refractivity contribution is 7.16. The van der Waals surface area contributed by atoms with Crippen LogP contribution in [0.1, 0.15) is 31.2 Å². The largest absolute Gasteiger partial charge is 0.493 e. The van der Waals surface area contributed by atoms with Crippen molar-refractivity contribution in [3.63, 3.8) is 0 Å².